The van der Waals surface area contributed by atoms with Crippen LogP contribution in [0.1, 0.15) is 0 Å². The molecule has 0 atom stereocenters. The van der Waals surface area contributed by atoms with E-state index in [1.807, 2.05) is 0 Å². The maximum absolute atomic E-state index is 12.5. The number of rotatable bonds is 7. The molecule has 3 rings (SSSR count). The third-order valence-electron chi connectivity index (χ3n) is 4.00. The van der Waals surface area contributed by atoms with Crippen LogP contribution in [0.5, 0.6) is 23.0 Å². The Bertz CT molecular complexity index is 986. The van der Waals surface area contributed by atoms with Gasteiger partial charge in [-0.2, -0.15) is 0 Å². The van der Waals surface area contributed by atoms with E-state index in [1.165, 1.54) is 27.4 Å². The number of benzene rings is 2. The van der Waals surface area contributed by atoms with Gasteiger partial charge >= 0.3 is 0 Å². The SMILES string of the molecule is COc1cc(-c2cc(=O)c3ccc(OCCBr)cc3o2)cc(OC)c1OC. The van der Waals surface area contributed by atoms with Gasteiger partial charge < -0.3 is 23.4 Å². The standard InChI is InChI=1S/C20H19BrO6/c1-23-18-8-12(9-19(24-2)20(18)25-3)16-11-15(22)14-5-4-13(26-7-6-21)10-17(14)27-16/h4-5,8-11H,6-7H2,1-3H3. The van der Waals surface area contributed by atoms with E-state index in [1.54, 1.807) is 30.3 Å². The van der Waals surface area contributed by atoms with Crippen molar-refractivity contribution in [1.29, 1.82) is 0 Å². The average molecular weight is 435 g/mol. The average Bonchev–Trinajstić information content (AvgIpc) is 2.70. The minimum atomic E-state index is -0.146. The molecule has 0 bridgehead atoms. The molecular weight excluding hydrogens is 416 g/mol. The Labute approximate surface area is 164 Å². The summed E-state index contributed by atoms with van der Waals surface area (Å²) in [5, 5.41) is 1.19. The first-order chi connectivity index (χ1) is 13.1. The molecule has 0 aliphatic carbocycles. The first-order valence-corrected chi connectivity index (χ1v) is 9.30. The highest BCUT2D eigenvalue weighted by molar-refractivity contribution is 9.09. The van der Waals surface area contributed by atoms with Crippen LogP contribution in [0.25, 0.3) is 22.3 Å². The fourth-order valence-electron chi connectivity index (χ4n) is 2.75. The van der Waals surface area contributed by atoms with Gasteiger partial charge in [0.05, 0.1) is 33.3 Å². The van der Waals surface area contributed by atoms with E-state index >= 15 is 0 Å². The largest absolute Gasteiger partial charge is 0.493 e. The second-order valence-corrected chi connectivity index (χ2v) is 6.38. The Hall–Kier alpha value is -2.67. The van der Waals surface area contributed by atoms with E-state index in [0.717, 1.165) is 0 Å². The van der Waals surface area contributed by atoms with Gasteiger partial charge in [0.2, 0.25) is 5.75 Å². The third kappa shape index (κ3) is 3.88. The predicted octanol–water partition coefficient (Wildman–Crippen LogP) is 4.26. The molecule has 0 unspecified atom stereocenters. The van der Waals surface area contributed by atoms with Crippen LogP contribution in [0.4, 0.5) is 0 Å². The van der Waals surface area contributed by atoms with Gasteiger partial charge in [-0.25, -0.2) is 0 Å². The van der Waals surface area contributed by atoms with Crippen LogP contribution >= 0.6 is 15.9 Å². The fraction of sp³-hybridized carbons (Fsp3) is 0.250. The molecule has 1 heterocycles. The first kappa shape index (κ1) is 19.1. The summed E-state index contributed by atoms with van der Waals surface area (Å²) in [4.78, 5) is 12.5. The molecule has 0 aliphatic heterocycles. The number of fused-ring (bicyclic) bond motifs is 1. The molecule has 1 aromatic heterocycles. The van der Waals surface area contributed by atoms with Crippen molar-refractivity contribution in [2.45, 2.75) is 0 Å². The molecule has 6 nitrogen and oxygen atoms in total. The maximum atomic E-state index is 12.5. The van der Waals surface area contributed by atoms with Crippen LogP contribution in [0.15, 0.2) is 45.6 Å². The molecule has 0 saturated carbocycles. The minimum absolute atomic E-state index is 0.146. The van der Waals surface area contributed by atoms with Gasteiger partial charge in [-0.3, -0.25) is 4.79 Å². The smallest absolute Gasteiger partial charge is 0.203 e. The highest BCUT2D eigenvalue weighted by Crippen LogP contribution is 2.41. The number of alkyl halides is 1. The molecule has 0 spiro atoms. The molecule has 27 heavy (non-hydrogen) atoms. The molecule has 0 amide bonds. The molecule has 0 saturated heterocycles. The lowest BCUT2D eigenvalue weighted by Gasteiger charge is -2.14. The summed E-state index contributed by atoms with van der Waals surface area (Å²) >= 11 is 3.32. The Kier molecular flexibility index (Phi) is 5.91. The van der Waals surface area contributed by atoms with Gasteiger partial charge in [0.15, 0.2) is 16.9 Å². The first-order valence-electron chi connectivity index (χ1n) is 8.18. The van der Waals surface area contributed by atoms with Crippen LogP contribution in [-0.4, -0.2) is 33.3 Å². The molecule has 3 aromatic rings. The lowest BCUT2D eigenvalue weighted by molar-refractivity contribution is 0.324. The molecule has 0 aliphatic rings. The monoisotopic (exact) mass is 434 g/mol. The van der Waals surface area contributed by atoms with Crippen molar-refractivity contribution in [3.8, 4) is 34.3 Å². The van der Waals surface area contributed by atoms with E-state index in [0.29, 0.717) is 57.2 Å². The van der Waals surface area contributed by atoms with Gasteiger partial charge in [-0.1, -0.05) is 15.9 Å². The highest BCUT2D eigenvalue weighted by Gasteiger charge is 2.16. The zero-order valence-corrected chi connectivity index (χ0v) is 16.8. The van der Waals surface area contributed by atoms with Crippen molar-refractivity contribution in [3.05, 3.63) is 46.6 Å². The summed E-state index contributed by atoms with van der Waals surface area (Å²) in [7, 11) is 4.60. The van der Waals surface area contributed by atoms with E-state index in [-0.39, 0.29) is 5.43 Å². The van der Waals surface area contributed by atoms with Crippen LogP contribution in [0.3, 0.4) is 0 Å². The van der Waals surface area contributed by atoms with Crippen molar-refractivity contribution in [1.82, 2.24) is 0 Å². The Balaban J connectivity index is 2.15. The van der Waals surface area contributed by atoms with Crippen molar-refractivity contribution >= 4 is 26.9 Å². The van der Waals surface area contributed by atoms with Gasteiger partial charge in [-0.05, 0) is 24.3 Å². The Morgan fingerprint density at radius 3 is 2.26 bits per heavy atom. The predicted molar refractivity (Wildman–Crippen MR) is 107 cm³/mol. The van der Waals surface area contributed by atoms with Crippen molar-refractivity contribution < 1.29 is 23.4 Å². The van der Waals surface area contributed by atoms with Crippen LogP contribution < -0.4 is 24.4 Å². The second-order valence-electron chi connectivity index (χ2n) is 5.58. The number of hydrogen-bond donors (Lipinski definition) is 0. The van der Waals surface area contributed by atoms with Crippen molar-refractivity contribution in [2.75, 3.05) is 33.3 Å². The van der Waals surface area contributed by atoms with Crippen LogP contribution in [-0.2, 0) is 0 Å². The number of halogens is 1. The molecule has 0 fully saturated rings. The van der Waals surface area contributed by atoms with E-state index < -0.39 is 0 Å². The lowest BCUT2D eigenvalue weighted by Crippen LogP contribution is -2.02. The summed E-state index contributed by atoms with van der Waals surface area (Å²) in [6.45, 7) is 0.516. The quantitative estimate of drug-likeness (QED) is 0.517. The van der Waals surface area contributed by atoms with Crippen molar-refractivity contribution in [3.63, 3.8) is 0 Å². The number of ether oxygens (including phenoxy) is 4. The van der Waals surface area contributed by atoms with Gasteiger partial charge in [0.25, 0.3) is 0 Å². The molecule has 0 N–H and O–H groups in total. The molecule has 7 heteroatoms. The summed E-state index contributed by atoms with van der Waals surface area (Å²) in [5.74, 6) is 2.45. The Morgan fingerprint density at radius 1 is 0.963 bits per heavy atom. The maximum Gasteiger partial charge on any atom is 0.203 e. The van der Waals surface area contributed by atoms with Gasteiger partial charge in [0, 0.05) is 23.0 Å². The summed E-state index contributed by atoms with van der Waals surface area (Å²) in [6.07, 6.45) is 0. The molecular formula is C20H19BrO6. The molecule has 142 valence electrons. The van der Waals surface area contributed by atoms with E-state index in [9.17, 15) is 4.79 Å². The van der Waals surface area contributed by atoms with E-state index in [2.05, 4.69) is 15.9 Å². The highest BCUT2D eigenvalue weighted by atomic mass is 79.9. The second kappa shape index (κ2) is 8.35. The summed E-state index contributed by atoms with van der Waals surface area (Å²) in [5.41, 5.74) is 0.931. The molecule has 2 aromatic carbocycles. The van der Waals surface area contributed by atoms with Crippen LogP contribution in [0, 0.1) is 0 Å². The van der Waals surface area contributed by atoms with Crippen molar-refractivity contribution in [2.24, 2.45) is 0 Å². The summed E-state index contributed by atoms with van der Waals surface area (Å²) in [6, 6.07) is 10.1. The molecule has 0 radical (unpaired) electrons. The Morgan fingerprint density at radius 2 is 1.67 bits per heavy atom. The zero-order chi connectivity index (χ0) is 19.4. The minimum Gasteiger partial charge on any atom is -0.493 e. The fourth-order valence-corrected chi connectivity index (χ4v) is 2.91. The van der Waals surface area contributed by atoms with E-state index in [4.69, 9.17) is 23.4 Å². The topological polar surface area (TPSA) is 67.1 Å². The van der Waals surface area contributed by atoms with Crippen LogP contribution in [0.2, 0.25) is 0 Å². The van der Waals surface area contributed by atoms with Gasteiger partial charge in [-0.15, -0.1) is 0 Å². The number of hydrogen-bond acceptors (Lipinski definition) is 6. The third-order valence-corrected chi connectivity index (χ3v) is 4.32. The zero-order valence-electron chi connectivity index (χ0n) is 15.2. The van der Waals surface area contributed by atoms with Gasteiger partial charge in [0.1, 0.15) is 17.1 Å². The lowest BCUT2D eigenvalue weighted by atomic mass is 10.1. The normalized spacial score (nSPS) is 10.7. The number of methoxy groups -OCH3 is 3. The summed E-state index contributed by atoms with van der Waals surface area (Å²) < 4.78 is 27.6.